The average molecular weight is 1140 g/mol. The van der Waals surface area contributed by atoms with Crippen LogP contribution in [0.5, 0.6) is 0 Å². The van der Waals surface area contributed by atoms with Crippen LogP contribution in [0.15, 0.2) is 155 Å². The van der Waals surface area contributed by atoms with Gasteiger partial charge in [0.25, 0.3) is 0 Å². The van der Waals surface area contributed by atoms with Crippen LogP contribution in [0.4, 0.5) is 17.1 Å². The zero-order chi connectivity index (χ0) is 60.4. The molecule has 0 amide bonds. The Morgan fingerprint density at radius 1 is 0.535 bits per heavy atom. The SMILES string of the molecule is CCN1/C(=C/C2=C([O-])C(=c3\ccc4ccc(C5=C([O-])/C(=c6\ccc7ccc(C8=C([O-])/C(=C/c9ccc%10ccccc%10[n+]9CC)C8=O)c8c7c6=[NH+]C(CC(C)C)(CC(C)C)N8)C5=O)c5c4c3=[NH+]C(CC(C)C)(CC(C)C)N5)/C2=O)C=Cc2ccccc21. The summed E-state index contributed by atoms with van der Waals surface area (Å²) in [6.45, 7) is 22.6. The molecule has 0 saturated heterocycles. The van der Waals surface area contributed by atoms with E-state index in [4.69, 9.17) is 0 Å². The van der Waals surface area contributed by atoms with Crippen molar-refractivity contribution in [2.45, 2.75) is 113 Å². The van der Waals surface area contributed by atoms with Crippen molar-refractivity contribution < 1.29 is 44.3 Å². The number of carbonyl (C=O) groups is 3. The van der Waals surface area contributed by atoms with E-state index in [0.29, 0.717) is 93.2 Å². The molecule has 13 rings (SSSR count). The van der Waals surface area contributed by atoms with Crippen LogP contribution in [-0.2, 0) is 20.9 Å². The number of Topliss-reactive ketones (excluding diaryl/α,β-unsaturated/α-hetero) is 3. The van der Waals surface area contributed by atoms with Crippen LogP contribution in [0.3, 0.4) is 0 Å². The van der Waals surface area contributed by atoms with Crippen molar-refractivity contribution in [3.8, 4) is 0 Å². The lowest BCUT2D eigenvalue weighted by atomic mass is 9.78. The predicted octanol–water partition coefficient (Wildman–Crippen LogP) is 5.31. The molecule has 3 aliphatic carbocycles. The summed E-state index contributed by atoms with van der Waals surface area (Å²) in [4.78, 5) is 54.5. The third-order valence-corrected chi connectivity index (χ3v) is 17.9. The van der Waals surface area contributed by atoms with E-state index in [1.165, 1.54) is 0 Å². The smallest absolute Gasteiger partial charge is 0.235 e. The number of allylic oxidation sites excluding steroid dienone is 8. The Hall–Kier alpha value is -9.16. The number of ketones is 3. The fourth-order valence-corrected chi connectivity index (χ4v) is 14.8. The van der Waals surface area contributed by atoms with Gasteiger partial charge in [-0.25, -0.2) is 9.98 Å². The van der Waals surface area contributed by atoms with Crippen LogP contribution in [0, 0.1) is 23.7 Å². The average Bonchev–Trinajstić information content (AvgIpc) is 0.835. The maximum absolute atomic E-state index is 15.5. The molecule has 12 heteroatoms. The lowest BCUT2D eigenvalue weighted by Gasteiger charge is -2.37. The number of likely N-dealkylation sites (N-methyl/N-ethyl adjacent to an activating group) is 1. The number of hydrogen-bond acceptors (Lipinski definition) is 9. The molecule has 0 atom stereocenters. The van der Waals surface area contributed by atoms with E-state index in [1.807, 2.05) is 135 Å². The van der Waals surface area contributed by atoms with Crippen LogP contribution >= 0.6 is 0 Å². The van der Waals surface area contributed by atoms with Crippen molar-refractivity contribution in [3.63, 3.8) is 0 Å². The molecule has 0 bridgehead atoms. The van der Waals surface area contributed by atoms with E-state index in [9.17, 15) is 19.8 Å². The van der Waals surface area contributed by atoms with Gasteiger partial charge in [-0.05, 0) is 96.3 Å². The Labute approximate surface area is 500 Å². The number of hydrogen-bond donors (Lipinski definition) is 4. The normalized spacial score (nSPS) is 19.7. The van der Waals surface area contributed by atoms with Gasteiger partial charge in [0.05, 0.1) is 32.6 Å². The second kappa shape index (κ2) is 20.8. The van der Waals surface area contributed by atoms with Gasteiger partial charge >= 0.3 is 0 Å². The van der Waals surface area contributed by atoms with Gasteiger partial charge in [0, 0.05) is 112 Å². The highest BCUT2D eigenvalue weighted by Crippen LogP contribution is 2.45. The predicted molar refractivity (Wildman–Crippen MR) is 334 cm³/mol. The van der Waals surface area contributed by atoms with E-state index >= 15 is 9.90 Å². The number of benzene rings is 6. The number of nitrogens with one attached hydrogen (secondary N) is 4. The van der Waals surface area contributed by atoms with E-state index in [2.05, 4.69) is 85.5 Å². The molecular weight excluding hydrogens is 1070 g/mol. The van der Waals surface area contributed by atoms with Crippen LogP contribution in [0.25, 0.3) is 66.9 Å². The molecule has 4 heterocycles. The highest BCUT2D eigenvalue weighted by atomic mass is 16.3. The fraction of sp³-hybridized carbons (Fsp3) is 0.297. The van der Waals surface area contributed by atoms with Gasteiger partial charge in [-0.15, -0.1) is 0 Å². The van der Waals surface area contributed by atoms with Crippen molar-refractivity contribution >= 4 is 101 Å². The number of fused-ring (bicyclic) bond motifs is 2. The first-order chi connectivity index (χ1) is 41.2. The van der Waals surface area contributed by atoms with E-state index in [1.54, 1.807) is 12.2 Å². The third kappa shape index (κ3) is 8.84. The molecule has 6 aliphatic rings. The van der Waals surface area contributed by atoms with Gasteiger partial charge in [-0.3, -0.25) is 14.4 Å². The van der Waals surface area contributed by atoms with Gasteiger partial charge < -0.3 is 30.9 Å². The molecule has 7 aromatic rings. The van der Waals surface area contributed by atoms with Crippen LogP contribution in [0.1, 0.15) is 117 Å². The Balaban J connectivity index is 1.00. The summed E-state index contributed by atoms with van der Waals surface area (Å²) in [5, 5.41) is 58.6. The molecule has 0 saturated carbocycles. The lowest BCUT2D eigenvalue weighted by Crippen LogP contribution is -2.96. The maximum atomic E-state index is 15.5. The third-order valence-electron chi connectivity index (χ3n) is 17.9. The second-order valence-electron chi connectivity index (χ2n) is 25.9. The molecular formula is C74H72N6O6. The summed E-state index contributed by atoms with van der Waals surface area (Å²) >= 11 is 0. The molecule has 4 N–H and O–H groups in total. The maximum Gasteiger partial charge on any atom is 0.235 e. The summed E-state index contributed by atoms with van der Waals surface area (Å²) in [7, 11) is 0. The van der Waals surface area contributed by atoms with Crippen LogP contribution in [0.2, 0.25) is 0 Å². The summed E-state index contributed by atoms with van der Waals surface area (Å²) in [5.41, 5.74) is 5.62. The number of rotatable bonds is 14. The minimum atomic E-state index is -0.806. The monoisotopic (exact) mass is 1140 g/mol. The number of aromatic nitrogens is 1. The highest BCUT2D eigenvalue weighted by molar-refractivity contribution is 6.52. The largest absolute Gasteiger partial charge is 0.871 e. The van der Waals surface area contributed by atoms with Gasteiger partial charge in [0.15, 0.2) is 17.3 Å². The number of nitrogens with zero attached hydrogens (tertiary/aromatic N) is 2. The van der Waals surface area contributed by atoms with E-state index in [-0.39, 0.29) is 80.2 Å². The first-order valence-corrected chi connectivity index (χ1v) is 30.6. The minimum Gasteiger partial charge on any atom is -0.871 e. The quantitative estimate of drug-likeness (QED) is 0.0830. The van der Waals surface area contributed by atoms with Crippen LogP contribution < -0.4 is 66.6 Å². The van der Waals surface area contributed by atoms with Gasteiger partial charge in [0.1, 0.15) is 6.54 Å². The lowest BCUT2D eigenvalue weighted by molar-refractivity contribution is -0.669. The van der Waals surface area contributed by atoms with Crippen molar-refractivity contribution in [2.75, 3.05) is 22.1 Å². The molecule has 12 nitrogen and oxygen atoms in total. The summed E-state index contributed by atoms with van der Waals surface area (Å²) in [5.74, 6) is -1.45. The van der Waals surface area contributed by atoms with Crippen molar-refractivity contribution in [1.82, 2.24) is 0 Å². The van der Waals surface area contributed by atoms with Crippen molar-refractivity contribution in [2.24, 2.45) is 23.7 Å². The molecule has 0 spiro atoms. The number of aryl methyl sites for hydroxylation is 1. The zero-order valence-electron chi connectivity index (χ0n) is 50.6. The van der Waals surface area contributed by atoms with Crippen molar-refractivity contribution in [3.05, 3.63) is 199 Å². The van der Waals surface area contributed by atoms with E-state index < -0.39 is 22.9 Å². The molecule has 0 fully saturated rings. The summed E-state index contributed by atoms with van der Waals surface area (Å²) in [6, 6.07) is 35.0. The Bertz CT molecular complexity index is 4660. The molecule has 0 unspecified atom stereocenters. The number of carbonyl (C=O) groups excluding carboxylic acids is 3. The second-order valence-corrected chi connectivity index (χ2v) is 25.9. The Kier molecular flexibility index (Phi) is 13.6. The number of anilines is 3. The van der Waals surface area contributed by atoms with Gasteiger partial charge in [0.2, 0.25) is 33.3 Å². The summed E-state index contributed by atoms with van der Waals surface area (Å²) < 4.78 is 2.10. The topological polar surface area (TPSA) is 180 Å². The van der Waals surface area contributed by atoms with Gasteiger partial charge in [-0.1, -0.05) is 145 Å². The number of para-hydroxylation sites is 2. The van der Waals surface area contributed by atoms with Crippen LogP contribution in [-0.4, -0.2) is 35.2 Å². The van der Waals surface area contributed by atoms with Crippen molar-refractivity contribution in [1.29, 1.82) is 0 Å². The summed E-state index contributed by atoms with van der Waals surface area (Å²) in [6.07, 6.45) is 9.92. The Morgan fingerprint density at radius 2 is 1.05 bits per heavy atom. The molecule has 86 heavy (non-hydrogen) atoms. The zero-order valence-corrected chi connectivity index (χ0v) is 50.6. The molecule has 434 valence electrons. The van der Waals surface area contributed by atoms with Gasteiger partial charge in [-0.2, -0.15) is 4.57 Å². The molecule has 6 aromatic carbocycles. The fourth-order valence-electron chi connectivity index (χ4n) is 14.8. The standard InChI is InChI=1S/C74H72N6O6/c1-11-79-47(27-21-43-17-13-15-19-55(43)79)33-53-67(81)59(68(53)82)49-29-23-45-25-31-51(65-57(45)63(49)75-73(77-65,35-39(3)4)36-40(5)6)61-71(85)62(72(61)86)52-32-26-46-24-30-50(64-58(46)66(52)78-74(76-64,37-41(7)8)38-42(9)10)60-69(83)54(70(60)84)34-48-28-22-44-18-14-16-20-56(44)80(48)12-2/h13-34,39-42H,11-12,35-38H2,1-10H3,(H4,75,76,77,78,81,82,83,84,85,86)/b47-33+. The number of pyridine rings is 1. The minimum absolute atomic E-state index is 0.0427. The molecule has 0 radical (unpaired) electrons. The van der Waals surface area contributed by atoms with E-state index in [0.717, 1.165) is 44.3 Å². The first kappa shape index (κ1) is 56.0. The molecule has 1 aromatic heterocycles. The Morgan fingerprint density at radius 3 is 1.57 bits per heavy atom. The first-order valence-electron chi connectivity index (χ1n) is 30.6. The molecule has 3 aliphatic heterocycles. The highest BCUT2D eigenvalue weighted by Gasteiger charge is 2.46.